The molecule has 1 aromatic carbocycles. The molecular formula is C14H18N4O2. The number of para-hydroxylation sites is 1. The summed E-state index contributed by atoms with van der Waals surface area (Å²) in [6, 6.07) is 7.46. The van der Waals surface area contributed by atoms with E-state index in [-0.39, 0.29) is 24.4 Å². The smallest absolute Gasteiger partial charge is 0.272 e. The summed E-state index contributed by atoms with van der Waals surface area (Å²) in [7, 11) is 0. The molecule has 1 unspecified atom stereocenters. The summed E-state index contributed by atoms with van der Waals surface area (Å²) in [6.45, 7) is 3.85. The molecular weight excluding hydrogens is 256 g/mol. The van der Waals surface area contributed by atoms with E-state index in [0.717, 1.165) is 17.3 Å². The fourth-order valence-corrected chi connectivity index (χ4v) is 1.81. The maximum absolute atomic E-state index is 12.0. The summed E-state index contributed by atoms with van der Waals surface area (Å²) in [4.78, 5) is 23.6. The zero-order valence-electron chi connectivity index (χ0n) is 11.6. The van der Waals surface area contributed by atoms with Gasteiger partial charge in [-0.25, -0.2) is 0 Å². The molecule has 0 aliphatic rings. The third-order valence-electron chi connectivity index (χ3n) is 3.11. The summed E-state index contributed by atoms with van der Waals surface area (Å²) in [5.41, 5.74) is 1.10. The molecule has 0 radical (unpaired) electrons. The lowest BCUT2D eigenvalue weighted by molar-refractivity contribution is -0.120. The first-order valence-corrected chi connectivity index (χ1v) is 6.62. The van der Waals surface area contributed by atoms with Crippen LogP contribution in [-0.2, 0) is 4.79 Å². The lowest BCUT2D eigenvalue weighted by Crippen LogP contribution is -2.40. The number of hydrogen-bond donors (Lipinski definition) is 3. The van der Waals surface area contributed by atoms with E-state index in [2.05, 4.69) is 20.8 Å². The van der Waals surface area contributed by atoms with Gasteiger partial charge in [0.05, 0.1) is 12.1 Å². The Morgan fingerprint density at radius 1 is 1.35 bits per heavy atom. The molecule has 0 aliphatic heterocycles. The third kappa shape index (κ3) is 3.14. The van der Waals surface area contributed by atoms with Crippen LogP contribution in [0.3, 0.4) is 0 Å². The van der Waals surface area contributed by atoms with Gasteiger partial charge >= 0.3 is 0 Å². The van der Waals surface area contributed by atoms with Crippen LogP contribution in [0.5, 0.6) is 0 Å². The SMILES string of the molecule is CCC(C)NC(=O)CNC(=O)c1n[nH]c2ccccc12. The number of nitrogens with zero attached hydrogens (tertiary/aromatic N) is 1. The molecule has 2 amide bonds. The van der Waals surface area contributed by atoms with Gasteiger partial charge in [-0.3, -0.25) is 14.7 Å². The van der Waals surface area contributed by atoms with E-state index in [1.54, 1.807) is 0 Å². The average Bonchev–Trinajstić information content (AvgIpc) is 2.88. The minimum Gasteiger partial charge on any atom is -0.352 e. The number of aromatic nitrogens is 2. The normalized spacial score (nSPS) is 12.1. The maximum atomic E-state index is 12.0. The van der Waals surface area contributed by atoms with Crippen LogP contribution in [0.1, 0.15) is 30.8 Å². The number of fused-ring (bicyclic) bond motifs is 1. The van der Waals surface area contributed by atoms with E-state index in [9.17, 15) is 9.59 Å². The Kier molecular flexibility index (Phi) is 4.34. The monoisotopic (exact) mass is 274 g/mol. The van der Waals surface area contributed by atoms with Crippen molar-refractivity contribution in [1.29, 1.82) is 0 Å². The van der Waals surface area contributed by atoms with E-state index in [1.165, 1.54) is 0 Å². The van der Waals surface area contributed by atoms with E-state index >= 15 is 0 Å². The van der Waals surface area contributed by atoms with Crippen LogP contribution in [0.2, 0.25) is 0 Å². The van der Waals surface area contributed by atoms with Gasteiger partial charge in [0.15, 0.2) is 5.69 Å². The Hall–Kier alpha value is -2.37. The van der Waals surface area contributed by atoms with Gasteiger partial charge in [0.25, 0.3) is 5.91 Å². The number of amides is 2. The molecule has 2 rings (SSSR count). The minimum atomic E-state index is -0.359. The quantitative estimate of drug-likeness (QED) is 0.766. The summed E-state index contributed by atoms with van der Waals surface area (Å²) in [6.07, 6.45) is 0.851. The van der Waals surface area contributed by atoms with Gasteiger partial charge < -0.3 is 10.6 Å². The van der Waals surface area contributed by atoms with Gasteiger partial charge in [0, 0.05) is 11.4 Å². The van der Waals surface area contributed by atoms with Gasteiger partial charge in [0.2, 0.25) is 5.91 Å². The Labute approximate surface area is 116 Å². The van der Waals surface area contributed by atoms with Gasteiger partial charge in [-0.2, -0.15) is 5.10 Å². The second-order valence-electron chi connectivity index (χ2n) is 4.68. The van der Waals surface area contributed by atoms with Crippen molar-refractivity contribution in [2.45, 2.75) is 26.3 Å². The number of carbonyl (C=O) groups excluding carboxylic acids is 2. The lowest BCUT2D eigenvalue weighted by atomic mass is 10.2. The Balaban J connectivity index is 1.97. The Morgan fingerprint density at radius 2 is 2.10 bits per heavy atom. The molecule has 1 atom stereocenters. The van der Waals surface area contributed by atoms with Crippen molar-refractivity contribution in [2.24, 2.45) is 0 Å². The molecule has 6 heteroatoms. The molecule has 3 N–H and O–H groups in total. The predicted molar refractivity (Wildman–Crippen MR) is 76.3 cm³/mol. The van der Waals surface area contributed by atoms with Crippen LogP contribution >= 0.6 is 0 Å². The largest absolute Gasteiger partial charge is 0.352 e. The number of carbonyl (C=O) groups is 2. The Bertz CT molecular complexity index is 620. The fraction of sp³-hybridized carbons (Fsp3) is 0.357. The molecule has 0 saturated carbocycles. The molecule has 0 fully saturated rings. The molecule has 0 spiro atoms. The van der Waals surface area contributed by atoms with Crippen molar-refractivity contribution in [2.75, 3.05) is 6.54 Å². The molecule has 0 aliphatic carbocycles. The van der Waals surface area contributed by atoms with E-state index in [0.29, 0.717) is 5.69 Å². The summed E-state index contributed by atoms with van der Waals surface area (Å²) in [5, 5.41) is 12.9. The number of aromatic amines is 1. The first kappa shape index (κ1) is 14.0. The second kappa shape index (κ2) is 6.18. The van der Waals surface area contributed by atoms with Crippen molar-refractivity contribution >= 4 is 22.7 Å². The topological polar surface area (TPSA) is 86.9 Å². The van der Waals surface area contributed by atoms with Gasteiger partial charge in [-0.15, -0.1) is 0 Å². The zero-order valence-corrected chi connectivity index (χ0v) is 11.6. The van der Waals surface area contributed by atoms with Crippen LogP contribution < -0.4 is 10.6 Å². The molecule has 1 heterocycles. The first-order valence-electron chi connectivity index (χ1n) is 6.62. The first-order chi connectivity index (χ1) is 9.61. The minimum absolute atomic E-state index is 0.0512. The highest BCUT2D eigenvalue weighted by Gasteiger charge is 2.14. The number of benzene rings is 1. The van der Waals surface area contributed by atoms with Crippen LogP contribution in [-0.4, -0.2) is 34.6 Å². The van der Waals surface area contributed by atoms with Crippen LogP contribution in [0, 0.1) is 0 Å². The van der Waals surface area contributed by atoms with Crippen molar-refractivity contribution in [3.05, 3.63) is 30.0 Å². The third-order valence-corrected chi connectivity index (χ3v) is 3.11. The van der Waals surface area contributed by atoms with Gasteiger partial charge in [-0.05, 0) is 19.4 Å². The summed E-state index contributed by atoms with van der Waals surface area (Å²) in [5.74, 6) is -0.561. The van der Waals surface area contributed by atoms with Crippen LogP contribution in [0.25, 0.3) is 10.9 Å². The van der Waals surface area contributed by atoms with Crippen LogP contribution in [0.15, 0.2) is 24.3 Å². The molecule has 6 nitrogen and oxygen atoms in total. The number of hydrogen-bond acceptors (Lipinski definition) is 3. The van der Waals surface area contributed by atoms with Crippen molar-refractivity contribution in [3.63, 3.8) is 0 Å². The van der Waals surface area contributed by atoms with E-state index < -0.39 is 0 Å². The molecule has 2 aromatic rings. The number of rotatable bonds is 5. The van der Waals surface area contributed by atoms with Crippen LogP contribution in [0.4, 0.5) is 0 Å². The van der Waals surface area contributed by atoms with Crippen molar-refractivity contribution in [3.8, 4) is 0 Å². The standard InChI is InChI=1S/C14H18N4O2/c1-3-9(2)16-12(19)8-15-14(20)13-10-6-4-5-7-11(10)17-18-13/h4-7,9H,3,8H2,1-2H3,(H,15,20)(H,16,19)(H,17,18). The second-order valence-corrected chi connectivity index (χ2v) is 4.68. The van der Waals surface area contributed by atoms with Crippen molar-refractivity contribution < 1.29 is 9.59 Å². The van der Waals surface area contributed by atoms with Gasteiger partial charge in [0.1, 0.15) is 0 Å². The summed E-state index contributed by atoms with van der Waals surface area (Å²) < 4.78 is 0. The maximum Gasteiger partial charge on any atom is 0.272 e. The molecule has 106 valence electrons. The predicted octanol–water partition coefficient (Wildman–Crippen LogP) is 1.21. The summed E-state index contributed by atoms with van der Waals surface area (Å²) >= 11 is 0. The fourth-order valence-electron chi connectivity index (χ4n) is 1.81. The lowest BCUT2D eigenvalue weighted by Gasteiger charge is -2.11. The van der Waals surface area contributed by atoms with E-state index in [1.807, 2.05) is 38.1 Å². The Morgan fingerprint density at radius 3 is 2.85 bits per heavy atom. The zero-order chi connectivity index (χ0) is 14.5. The molecule has 20 heavy (non-hydrogen) atoms. The number of nitrogens with one attached hydrogen (secondary N) is 3. The molecule has 1 aromatic heterocycles. The highest BCUT2D eigenvalue weighted by molar-refractivity contribution is 6.05. The van der Waals surface area contributed by atoms with Gasteiger partial charge in [-0.1, -0.05) is 25.1 Å². The average molecular weight is 274 g/mol. The number of H-pyrrole nitrogens is 1. The molecule has 0 bridgehead atoms. The molecule has 0 saturated heterocycles. The highest BCUT2D eigenvalue weighted by atomic mass is 16.2. The highest BCUT2D eigenvalue weighted by Crippen LogP contribution is 2.14. The van der Waals surface area contributed by atoms with E-state index in [4.69, 9.17) is 0 Å². The van der Waals surface area contributed by atoms with Crippen molar-refractivity contribution in [1.82, 2.24) is 20.8 Å².